The van der Waals surface area contributed by atoms with E-state index in [1.807, 2.05) is 13.8 Å². The standard InChI is InChI=1S/C18H27F2N3O3.HI/c1-5-21-18(22-9-8-16(24)25-12(2)3)23-11-14-10-13(4)6-7-15(14)26-17(19)20;/h6-7,10,12,17H,5,8-9,11H2,1-4H3,(H2,21,22,23);1H. The first-order chi connectivity index (χ1) is 12.3. The molecule has 9 heteroatoms. The quantitative estimate of drug-likeness (QED) is 0.235. The molecule has 0 unspecified atom stereocenters. The molecule has 0 fully saturated rings. The Morgan fingerprint density at radius 1 is 1.26 bits per heavy atom. The van der Waals surface area contributed by atoms with Crippen molar-refractivity contribution in [2.75, 3.05) is 13.1 Å². The Labute approximate surface area is 176 Å². The van der Waals surface area contributed by atoms with Crippen molar-refractivity contribution in [3.8, 4) is 5.75 Å². The number of rotatable bonds is 9. The van der Waals surface area contributed by atoms with Gasteiger partial charge in [0.15, 0.2) is 5.96 Å². The lowest BCUT2D eigenvalue weighted by molar-refractivity contribution is -0.147. The van der Waals surface area contributed by atoms with Crippen LogP contribution in [-0.4, -0.2) is 37.7 Å². The topological polar surface area (TPSA) is 72.0 Å². The van der Waals surface area contributed by atoms with E-state index in [1.165, 1.54) is 6.07 Å². The molecule has 0 radical (unpaired) electrons. The van der Waals surface area contributed by atoms with Crippen LogP contribution in [0.2, 0.25) is 0 Å². The molecule has 0 atom stereocenters. The molecule has 1 rings (SSSR count). The number of carbonyl (C=O) groups excluding carboxylic acids is 1. The van der Waals surface area contributed by atoms with Gasteiger partial charge in [-0.2, -0.15) is 8.78 Å². The number of guanidine groups is 1. The zero-order valence-electron chi connectivity index (χ0n) is 16.1. The molecule has 0 spiro atoms. The first kappa shape index (κ1) is 25.4. The van der Waals surface area contributed by atoms with Crippen molar-refractivity contribution in [1.29, 1.82) is 0 Å². The molecule has 0 aromatic heterocycles. The Kier molecular flexibility index (Phi) is 12.7. The minimum absolute atomic E-state index is 0. The molecule has 0 saturated carbocycles. The van der Waals surface area contributed by atoms with E-state index in [0.717, 1.165) is 5.56 Å². The number of nitrogens with one attached hydrogen (secondary N) is 2. The average molecular weight is 499 g/mol. The average Bonchev–Trinajstić information content (AvgIpc) is 2.53. The molecule has 154 valence electrons. The molecule has 2 N–H and O–H groups in total. The van der Waals surface area contributed by atoms with E-state index in [9.17, 15) is 13.6 Å². The third-order valence-electron chi connectivity index (χ3n) is 3.17. The van der Waals surface area contributed by atoms with E-state index < -0.39 is 6.61 Å². The number of aryl methyl sites for hydroxylation is 1. The SMILES string of the molecule is CCNC(=NCc1cc(C)ccc1OC(F)F)NCCC(=O)OC(C)C.I. The molecule has 0 aliphatic heterocycles. The van der Waals surface area contributed by atoms with E-state index >= 15 is 0 Å². The van der Waals surface area contributed by atoms with Crippen molar-refractivity contribution < 1.29 is 23.0 Å². The van der Waals surface area contributed by atoms with Crippen molar-refractivity contribution >= 4 is 35.9 Å². The minimum Gasteiger partial charge on any atom is -0.463 e. The summed E-state index contributed by atoms with van der Waals surface area (Å²) in [5.41, 5.74) is 1.48. The number of nitrogens with zero attached hydrogens (tertiary/aromatic N) is 1. The Hall–Kier alpha value is -1.65. The van der Waals surface area contributed by atoms with Crippen LogP contribution >= 0.6 is 24.0 Å². The third kappa shape index (κ3) is 10.9. The summed E-state index contributed by atoms with van der Waals surface area (Å²) >= 11 is 0. The highest BCUT2D eigenvalue weighted by Crippen LogP contribution is 2.22. The van der Waals surface area contributed by atoms with Gasteiger partial charge >= 0.3 is 12.6 Å². The number of hydrogen-bond donors (Lipinski definition) is 2. The molecule has 0 aliphatic rings. The fourth-order valence-corrected chi connectivity index (χ4v) is 2.15. The third-order valence-corrected chi connectivity index (χ3v) is 3.17. The number of halogens is 3. The van der Waals surface area contributed by atoms with Crippen molar-refractivity contribution in [2.24, 2.45) is 4.99 Å². The zero-order valence-corrected chi connectivity index (χ0v) is 18.4. The maximum absolute atomic E-state index is 12.5. The second-order valence-electron chi connectivity index (χ2n) is 5.90. The van der Waals surface area contributed by atoms with Crippen LogP contribution in [0.3, 0.4) is 0 Å². The fraction of sp³-hybridized carbons (Fsp3) is 0.556. The lowest BCUT2D eigenvalue weighted by atomic mass is 10.1. The number of benzene rings is 1. The van der Waals surface area contributed by atoms with Gasteiger partial charge in [0.05, 0.1) is 19.1 Å². The maximum atomic E-state index is 12.5. The fourth-order valence-electron chi connectivity index (χ4n) is 2.15. The number of carbonyl (C=O) groups is 1. The van der Waals surface area contributed by atoms with Gasteiger partial charge in [-0.3, -0.25) is 4.79 Å². The summed E-state index contributed by atoms with van der Waals surface area (Å²) in [6.45, 7) is 5.59. The van der Waals surface area contributed by atoms with Gasteiger partial charge in [0.1, 0.15) is 5.75 Å². The molecule has 0 aliphatic carbocycles. The van der Waals surface area contributed by atoms with Crippen LogP contribution in [0.25, 0.3) is 0 Å². The first-order valence-electron chi connectivity index (χ1n) is 8.57. The van der Waals surface area contributed by atoms with Crippen molar-refractivity contribution in [2.45, 2.75) is 53.4 Å². The summed E-state index contributed by atoms with van der Waals surface area (Å²) in [7, 11) is 0. The normalized spacial score (nSPS) is 11.2. The lowest BCUT2D eigenvalue weighted by Gasteiger charge is -2.13. The second-order valence-corrected chi connectivity index (χ2v) is 5.90. The van der Waals surface area contributed by atoms with Crippen molar-refractivity contribution in [3.63, 3.8) is 0 Å². The number of hydrogen-bond acceptors (Lipinski definition) is 4. The molecule has 0 bridgehead atoms. The van der Waals surface area contributed by atoms with E-state index in [1.54, 1.807) is 26.0 Å². The summed E-state index contributed by atoms with van der Waals surface area (Å²) < 4.78 is 34.7. The molecule has 1 aromatic carbocycles. The summed E-state index contributed by atoms with van der Waals surface area (Å²) in [4.78, 5) is 15.9. The smallest absolute Gasteiger partial charge is 0.387 e. The number of esters is 1. The van der Waals surface area contributed by atoms with Crippen LogP contribution in [-0.2, 0) is 16.1 Å². The van der Waals surface area contributed by atoms with Gasteiger partial charge in [0, 0.05) is 18.7 Å². The molecular formula is C18H28F2IN3O3. The van der Waals surface area contributed by atoms with Crippen molar-refractivity contribution in [3.05, 3.63) is 29.3 Å². The summed E-state index contributed by atoms with van der Waals surface area (Å²) in [5.74, 6) is 0.287. The monoisotopic (exact) mass is 499 g/mol. The van der Waals surface area contributed by atoms with E-state index in [4.69, 9.17) is 4.74 Å². The van der Waals surface area contributed by atoms with Gasteiger partial charge < -0.3 is 20.1 Å². The predicted molar refractivity (Wildman–Crippen MR) is 112 cm³/mol. The highest BCUT2D eigenvalue weighted by Gasteiger charge is 2.10. The van der Waals surface area contributed by atoms with E-state index in [0.29, 0.717) is 24.6 Å². The maximum Gasteiger partial charge on any atom is 0.387 e. The molecule has 27 heavy (non-hydrogen) atoms. The van der Waals surface area contributed by atoms with Gasteiger partial charge in [0.25, 0.3) is 0 Å². The summed E-state index contributed by atoms with van der Waals surface area (Å²) in [6, 6.07) is 4.97. The molecular weight excluding hydrogens is 471 g/mol. The molecule has 0 heterocycles. The van der Waals surface area contributed by atoms with Crippen LogP contribution in [0.1, 0.15) is 38.3 Å². The van der Waals surface area contributed by atoms with Crippen LogP contribution < -0.4 is 15.4 Å². The lowest BCUT2D eigenvalue weighted by Crippen LogP contribution is -2.38. The zero-order chi connectivity index (χ0) is 19.5. The minimum atomic E-state index is -2.89. The number of ether oxygens (including phenoxy) is 2. The van der Waals surface area contributed by atoms with Gasteiger partial charge in [-0.05, 0) is 33.8 Å². The molecule has 6 nitrogen and oxygen atoms in total. The Bertz CT molecular complexity index is 614. The van der Waals surface area contributed by atoms with Crippen LogP contribution in [0.4, 0.5) is 8.78 Å². The largest absolute Gasteiger partial charge is 0.463 e. The van der Waals surface area contributed by atoms with Gasteiger partial charge in [-0.1, -0.05) is 17.7 Å². The number of alkyl halides is 2. The van der Waals surface area contributed by atoms with Crippen LogP contribution in [0.5, 0.6) is 5.75 Å². The van der Waals surface area contributed by atoms with Gasteiger partial charge in [-0.15, -0.1) is 24.0 Å². The highest BCUT2D eigenvalue weighted by molar-refractivity contribution is 14.0. The van der Waals surface area contributed by atoms with E-state index in [-0.39, 0.29) is 54.8 Å². The second kappa shape index (κ2) is 13.5. The Morgan fingerprint density at radius 3 is 2.56 bits per heavy atom. The molecule has 0 saturated heterocycles. The van der Waals surface area contributed by atoms with Crippen LogP contribution in [0.15, 0.2) is 23.2 Å². The summed E-state index contributed by atoms with van der Waals surface area (Å²) in [5, 5.41) is 6.06. The predicted octanol–water partition coefficient (Wildman–Crippen LogP) is 3.61. The molecule has 1 aromatic rings. The summed E-state index contributed by atoms with van der Waals surface area (Å²) in [6.07, 6.45) is 0.0475. The Balaban J connectivity index is 0.00000676. The van der Waals surface area contributed by atoms with Gasteiger partial charge in [-0.25, -0.2) is 4.99 Å². The van der Waals surface area contributed by atoms with Crippen molar-refractivity contribution in [1.82, 2.24) is 10.6 Å². The Morgan fingerprint density at radius 2 is 1.96 bits per heavy atom. The number of aliphatic imine (C=N–C) groups is 1. The van der Waals surface area contributed by atoms with Gasteiger partial charge in [0.2, 0.25) is 0 Å². The van der Waals surface area contributed by atoms with Crippen LogP contribution in [0, 0.1) is 6.92 Å². The van der Waals surface area contributed by atoms with E-state index in [2.05, 4.69) is 20.4 Å². The molecule has 0 amide bonds. The first-order valence-corrected chi connectivity index (χ1v) is 8.57. The highest BCUT2D eigenvalue weighted by atomic mass is 127.